The quantitative estimate of drug-likeness (QED) is 0.531. The molecule has 1 aliphatic carbocycles. The van der Waals surface area contributed by atoms with Crippen molar-refractivity contribution in [1.82, 2.24) is 9.80 Å². The number of imide groups is 1. The summed E-state index contributed by atoms with van der Waals surface area (Å²) in [6, 6.07) is 18.4. The van der Waals surface area contributed by atoms with Gasteiger partial charge in [0.2, 0.25) is 0 Å². The van der Waals surface area contributed by atoms with E-state index in [0.717, 1.165) is 37.7 Å². The maximum Gasteiger partial charge on any atom is 0.328 e. The molecule has 1 saturated heterocycles. The van der Waals surface area contributed by atoms with Gasteiger partial charge in [0.1, 0.15) is 5.54 Å². The maximum absolute atomic E-state index is 13.6. The summed E-state index contributed by atoms with van der Waals surface area (Å²) in [6.45, 7) is 3.30. The van der Waals surface area contributed by atoms with E-state index in [1.165, 1.54) is 16.0 Å². The summed E-state index contributed by atoms with van der Waals surface area (Å²) < 4.78 is 5.27. The molecule has 2 aromatic carbocycles. The lowest BCUT2D eigenvalue weighted by molar-refractivity contribution is -0.135. The van der Waals surface area contributed by atoms with Crippen LogP contribution in [0, 0.1) is 12.8 Å². The molecular formula is C28H34N2O3. The highest BCUT2D eigenvalue weighted by atomic mass is 16.5. The minimum Gasteiger partial charge on any atom is -0.383 e. The van der Waals surface area contributed by atoms with Gasteiger partial charge >= 0.3 is 6.03 Å². The fourth-order valence-corrected chi connectivity index (χ4v) is 5.31. The summed E-state index contributed by atoms with van der Waals surface area (Å²) in [4.78, 5) is 30.1. The summed E-state index contributed by atoms with van der Waals surface area (Å²) >= 11 is 0. The average molecular weight is 447 g/mol. The molecule has 0 N–H and O–H groups in total. The highest BCUT2D eigenvalue weighted by molar-refractivity contribution is 6.07. The number of ether oxygens (including phenoxy) is 1. The van der Waals surface area contributed by atoms with Crippen LogP contribution in [0.5, 0.6) is 0 Å². The van der Waals surface area contributed by atoms with E-state index in [2.05, 4.69) is 31.2 Å². The van der Waals surface area contributed by atoms with Gasteiger partial charge in [-0.15, -0.1) is 0 Å². The molecule has 0 aromatic heterocycles. The van der Waals surface area contributed by atoms with Gasteiger partial charge in [-0.2, -0.15) is 0 Å². The van der Waals surface area contributed by atoms with Gasteiger partial charge in [0, 0.05) is 20.2 Å². The van der Waals surface area contributed by atoms with Crippen molar-refractivity contribution in [2.45, 2.75) is 44.6 Å². The number of methoxy groups -OCH3 is 1. The molecule has 2 aliphatic rings. The van der Waals surface area contributed by atoms with Crippen LogP contribution in [0.15, 0.2) is 60.7 Å². The van der Waals surface area contributed by atoms with Gasteiger partial charge in [0.25, 0.3) is 5.91 Å². The molecule has 174 valence electrons. The summed E-state index contributed by atoms with van der Waals surface area (Å²) in [5.41, 5.74) is 2.97. The van der Waals surface area contributed by atoms with E-state index < -0.39 is 5.54 Å². The molecule has 1 heterocycles. The van der Waals surface area contributed by atoms with Gasteiger partial charge in [0.05, 0.1) is 6.61 Å². The van der Waals surface area contributed by atoms with Crippen molar-refractivity contribution in [3.63, 3.8) is 0 Å². The summed E-state index contributed by atoms with van der Waals surface area (Å²) in [5.74, 6) is 0.493. The van der Waals surface area contributed by atoms with Crippen LogP contribution in [-0.2, 0) is 16.0 Å². The molecule has 0 radical (unpaired) electrons. The first kappa shape index (κ1) is 23.2. The Morgan fingerprint density at radius 2 is 1.82 bits per heavy atom. The van der Waals surface area contributed by atoms with Gasteiger partial charge in [-0.05, 0) is 56.1 Å². The summed E-state index contributed by atoms with van der Waals surface area (Å²) in [6.07, 6.45) is 8.23. The molecule has 5 heteroatoms. The Morgan fingerprint density at radius 1 is 1.06 bits per heavy atom. The molecule has 1 saturated carbocycles. The van der Waals surface area contributed by atoms with Crippen molar-refractivity contribution in [3.8, 4) is 0 Å². The zero-order valence-corrected chi connectivity index (χ0v) is 19.7. The van der Waals surface area contributed by atoms with E-state index in [0.29, 0.717) is 25.6 Å². The Hall–Kier alpha value is -2.92. The molecule has 0 unspecified atom stereocenters. The minimum absolute atomic E-state index is 0.0460. The van der Waals surface area contributed by atoms with Crippen LogP contribution >= 0.6 is 0 Å². The number of nitrogens with zero attached hydrogens (tertiary/aromatic N) is 2. The summed E-state index contributed by atoms with van der Waals surface area (Å²) in [5, 5.41) is 0. The molecule has 3 amide bonds. The topological polar surface area (TPSA) is 49.9 Å². The van der Waals surface area contributed by atoms with Gasteiger partial charge in [-0.3, -0.25) is 9.69 Å². The SMILES string of the molecule is COCCN1C(=O)N(CC=Cc2ccccc2)C(=O)C12CCC(Cc1cccc(C)c1)CC2. The number of aryl methyl sites for hydroxylation is 1. The van der Waals surface area contributed by atoms with Crippen LogP contribution < -0.4 is 0 Å². The number of carbonyl (C=O) groups excluding carboxylic acids is 2. The molecule has 1 spiro atoms. The second kappa shape index (κ2) is 10.3. The van der Waals surface area contributed by atoms with Gasteiger partial charge < -0.3 is 9.64 Å². The van der Waals surface area contributed by atoms with Crippen molar-refractivity contribution in [3.05, 3.63) is 77.4 Å². The first-order chi connectivity index (χ1) is 16.0. The van der Waals surface area contributed by atoms with Crippen LogP contribution in [0.2, 0.25) is 0 Å². The van der Waals surface area contributed by atoms with E-state index in [4.69, 9.17) is 4.74 Å². The van der Waals surface area contributed by atoms with E-state index >= 15 is 0 Å². The third kappa shape index (κ3) is 5.03. The number of amides is 3. The molecule has 0 bridgehead atoms. The number of hydrogen-bond acceptors (Lipinski definition) is 3. The lowest BCUT2D eigenvalue weighted by atomic mass is 9.73. The highest BCUT2D eigenvalue weighted by Crippen LogP contribution is 2.43. The Labute approximate surface area is 197 Å². The number of urea groups is 1. The molecule has 2 fully saturated rings. The van der Waals surface area contributed by atoms with Crippen LogP contribution in [0.1, 0.15) is 42.4 Å². The lowest BCUT2D eigenvalue weighted by Crippen LogP contribution is -2.53. The second-order valence-electron chi connectivity index (χ2n) is 9.32. The van der Waals surface area contributed by atoms with Crippen LogP contribution in [0.25, 0.3) is 6.08 Å². The maximum atomic E-state index is 13.6. The largest absolute Gasteiger partial charge is 0.383 e. The summed E-state index contributed by atoms with van der Waals surface area (Å²) in [7, 11) is 1.63. The molecule has 1 aliphatic heterocycles. The van der Waals surface area contributed by atoms with E-state index in [9.17, 15) is 9.59 Å². The number of carbonyl (C=O) groups is 2. The first-order valence-corrected chi connectivity index (χ1v) is 11.9. The average Bonchev–Trinajstić information content (AvgIpc) is 3.01. The van der Waals surface area contributed by atoms with E-state index in [1.54, 1.807) is 12.0 Å². The Bertz CT molecular complexity index is 993. The van der Waals surface area contributed by atoms with E-state index in [1.807, 2.05) is 42.5 Å². The first-order valence-electron chi connectivity index (χ1n) is 11.9. The smallest absolute Gasteiger partial charge is 0.328 e. The number of benzene rings is 2. The standard InChI is InChI=1S/C28H34N2O3/c1-22-8-6-11-25(20-22)21-24-13-15-28(16-14-24)26(31)29(27(32)30(28)18-19-33-2)17-7-12-23-9-4-3-5-10-23/h3-12,20,24H,13-19,21H2,1-2H3. The van der Waals surface area contributed by atoms with Crippen molar-refractivity contribution in [2.75, 3.05) is 26.8 Å². The van der Waals surface area contributed by atoms with Crippen molar-refractivity contribution < 1.29 is 14.3 Å². The van der Waals surface area contributed by atoms with Gasteiger partial charge in [-0.25, -0.2) is 4.79 Å². The van der Waals surface area contributed by atoms with Gasteiger partial charge in [-0.1, -0.05) is 72.3 Å². The number of rotatable bonds is 8. The fourth-order valence-electron chi connectivity index (χ4n) is 5.31. The van der Waals surface area contributed by atoms with E-state index in [-0.39, 0.29) is 11.9 Å². The third-order valence-corrected chi connectivity index (χ3v) is 7.08. The monoisotopic (exact) mass is 446 g/mol. The van der Waals surface area contributed by atoms with Crippen LogP contribution in [0.4, 0.5) is 4.79 Å². The molecule has 5 nitrogen and oxygen atoms in total. The lowest BCUT2D eigenvalue weighted by Gasteiger charge is -2.40. The fraction of sp³-hybridized carbons (Fsp3) is 0.429. The van der Waals surface area contributed by atoms with Crippen molar-refractivity contribution >= 4 is 18.0 Å². The molecule has 33 heavy (non-hydrogen) atoms. The zero-order valence-electron chi connectivity index (χ0n) is 19.7. The second-order valence-corrected chi connectivity index (χ2v) is 9.32. The van der Waals surface area contributed by atoms with Crippen molar-refractivity contribution in [2.24, 2.45) is 5.92 Å². The van der Waals surface area contributed by atoms with Crippen LogP contribution in [0.3, 0.4) is 0 Å². The minimum atomic E-state index is -0.723. The zero-order chi connectivity index (χ0) is 23.3. The Kier molecular flexibility index (Phi) is 7.29. The molecule has 2 aromatic rings. The van der Waals surface area contributed by atoms with Crippen LogP contribution in [-0.4, -0.2) is 54.1 Å². The molecular weight excluding hydrogens is 412 g/mol. The Morgan fingerprint density at radius 3 is 2.52 bits per heavy atom. The molecule has 0 atom stereocenters. The van der Waals surface area contributed by atoms with Gasteiger partial charge in [0.15, 0.2) is 0 Å². The predicted octanol–water partition coefficient (Wildman–Crippen LogP) is 5.09. The normalized spacial score (nSPS) is 23.3. The molecule has 4 rings (SSSR count). The predicted molar refractivity (Wildman–Crippen MR) is 131 cm³/mol. The highest BCUT2D eigenvalue weighted by Gasteiger charge is 2.57. The third-order valence-electron chi connectivity index (χ3n) is 7.08. The van der Waals surface area contributed by atoms with Crippen molar-refractivity contribution in [1.29, 1.82) is 0 Å². The Balaban J connectivity index is 1.46. The number of hydrogen-bond donors (Lipinski definition) is 0.